The molecule has 1 aromatic heterocycles. The number of hydrogen-bond acceptors (Lipinski definition) is 6. The van der Waals surface area contributed by atoms with Crippen LogP contribution in [-0.2, 0) is 0 Å². The van der Waals surface area contributed by atoms with E-state index in [9.17, 15) is 9.59 Å². The van der Waals surface area contributed by atoms with Crippen molar-refractivity contribution in [2.75, 3.05) is 7.11 Å². The molecule has 6 nitrogen and oxygen atoms in total. The Hall–Kier alpha value is -3.28. The van der Waals surface area contributed by atoms with E-state index in [1.54, 1.807) is 48.5 Å². The number of carbonyl (C=O) groups excluding carboxylic acids is 1. The van der Waals surface area contributed by atoms with Gasteiger partial charge in [0.25, 0.3) is 5.75 Å². The Morgan fingerprint density at radius 1 is 1.04 bits per heavy atom. The summed E-state index contributed by atoms with van der Waals surface area (Å²) in [6, 6.07) is 13.4. The molecule has 0 atom stereocenters. The van der Waals surface area contributed by atoms with Crippen LogP contribution in [0.5, 0.6) is 17.2 Å². The molecular formula is C20H18O6. The van der Waals surface area contributed by atoms with Gasteiger partial charge in [0.05, 0.1) is 24.2 Å². The van der Waals surface area contributed by atoms with Crippen LogP contribution in [0.2, 0.25) is 0 Å². The summed E-state index contributed by atoms with van der Waals surface area (Å²) < 4.78 is 21.5. The van der Waals surface area contributed by atoms with Gasteiger partial charge in [0.1, 0.15) is 11.3 Å². The maximum Gasteiger partial charge on any atom is 0.383 e. The second kappa shape index (κ2) is 7.31. The van der Waals surface area contributed by atoms with E-state index in [-0.39, 0.29) is 23.2 Å². The predicted octanol–water partition coefficient (Wildman–Crippen LogP) is 3.81. The molecule has 6 heteroatoms. The van der Waals surface area contributed by atoms with Gasteiger partial charge in [-0.1, -0.05) is 18.2 Å². The third-order valence-corrected chi connectivity index (χ3v) is 3.59. The maximum absolute atomic E-state index is 12.4. The van der Waals surface area contributed by atoms with Crippen molar-refractivity contribution in [3.63, 3.8) is 0 Å². The number of fused-ring (bicyclic) bond motifs is 1. The Balaban J connectivity index is 2.12. The minimum atomic E-state index is -0.800. The quantitative estimate of drug-likeness (QED) is 0.512. The van der Waals surface area contributed by atoms with Crippen LogP contribution in [0.25, 0.3) is 11.0 Å². The van der Waals surface area contributed by atoms with Crippen molar-refractivity contribution < 1.29 is 23.4 Å². The molecule has 1 heterocycles. The van der Waals surface area contributed by atoms with Crippen LogP contribution in [0.3, 0.4) is 0 Å². The number of benzene rings is 2. The van der Waals surface area contributed by atoms with Crippen molar-refractivity contribution in [3.8, 4) is 17.2 Å². The van der Waals surface area contributed by atoms with E-state index in [4.69, 9.17) is 18.6 Å². The Morgan fingerprint density at radius 3 is 2.42 bits per heavy atom. The SMILES string of the molecule is COc1ccc2c(OC(C)C)c(OC(=O)c3ccccc3)c(=O)oc2c1. The highest BCUT2D eigenvalue weighted by Gasteiger charge is 2.22. The molecule has 0 unspecified atom stereocenters. The average Bonchev–Trinajstić information content (AvgIpc) is 2.64. The first-order valence-electron chi connectivity index (χ1n) is 8.08. The molecule has 0 aliphatic rings. The van der Waals surface area contributed by atoms with E-state index >= 15 is 0 Å². The fourth-order valence-electron chi connectivity index (χ4n) is 2.43. The van der Waals surface area contributed by atoms with Gasteiger partial charge >= 0.3 is 11.6 Å². The summed E-state index contributed by atoms with van der Waals surface area (Å²) in [6.07, 6.45) is -0.240. The van der Waals surface area contributed by atoms with Gasteiger partial charge in [0.15, 0.2) is 5.75 Å². The molecule has 0 aliphatic carbocycles. The van der Waals surface area contributed by atoms with Gasteiger partial charge in [0, 0.05) is 6.07 Å². The van der Waals surface area contributed by atoms with Crippen molar-refractivity contribution in [2.24, 2.45) is 0 Å². The molecule has 0 amide bonds. The summed E-state index contributed by atoms with van der Waals surface area (Å²) in [5, 5.41) is 0.509. The van der Waals surface area contributed by atoms with Crippen LogP contribution < -0.4 is 19.8 Å². The second-order valence-electron chi connectivity index (χ2n) is 5.83. The van der Waals surface area contributed by atoms with Gasteiger partial charge in [0.2, 0.25) is 0 Å². The highest BCUT2D eigenvalue weighted by atomic mass is 16.6. The van der Waals surface area contributed by atoms with Crippen LogP contribution in [0.4, 0.5) is 0 Å². The summed E-state index contributed by atoms with van der Waals surface area (Å²) in [4.78, 5) is 24.8. The third kappa shape index (κ3) is 3.54. The summed E-state index contributed by atoms with van der Waals surface area (Å²) in [7, 11) is 1.51. The van der Waals surface area contributed by atoms with Crippen LogP contribution in [0.1, 0.15) is 24.2 Å². The van der Waals surface area contributed by atoms with Crippen molar-refractivity contribution in [3.05, 3.63) is 64.5 Å². The monoisotopic (exact) mass is 354 g/mol. The fraction of sp³-hybridized carbons (Fsp3) is 0.200. The lowest BCUT2D eigenvalue weighted by atomic mass is 10.2. The van der Waals surface area contributed by atoms with E-state index in [0.29, 0.717) is 16.7 Å². The van der Waals surface area contributed by atoms with Crippen LogP contribution in [0, 0.1) is 0 Å². The summed E-state index contributed by atoms with van der Waals surface area (Å²) in [5.74, 6) is -0.243. The molecule has 0 spiro atoms. The van der Waals surface area contributed by atoms with Gasteiger partial charge < -0.3 is 18.6 Å². The van der Waals surface area contributed by atoms with Gasteiger partial charge in [-0.15, -0.1) is 0 Å². The summed E-state index contributed by atoms with van der Waals surface area (Å²) in [5.41, 5.74) is -0.201. The zero-order valence-electron chi connectivity index (χ0n) is 14.6. The third-order valence-electron chi connectivity index (χ3n) is 3.59. The first kappa shape index (κ1) is 17.5. The van der Waals surface area contributed by atoms with Crippen LogP contribution in [0.15, 0.2) is 57.7 Å². The van der Waals surface area contributed by atoms with Crippen molar-refractivity contribution >= 4 is 16.9 Å². The molecule has 0 fully saturated rings. The first-order valence-corrected chi connectivity index (χ1v) is 8.08. The molecular weight excluding hydrogens is 336 g/mol. The van der Waals surface area contributed by atoms with Crippen LogP contribution in [-0.4, -0.2) is 19.2 Å². The second-order valence-corrected chi connectivity index (χ2v) is 5.83. The topological polar surface area (TPSA) is 75.0 Å². The predicted molar refractivity (Wildman–Crippen MR) is 96.2 cm³/mol. The van der Waals surface area contributed by atoms with Crippen molar-refractivity contribution in [2.45, 2.75) is 20.0 Å². The molecule has 134 valence electrons. The maximum atomic E-state index is 12.4. The summed E-state index contributed by atoms with van der Waals surface area (Å²) >= 11 is 0. The highest BCUT2D eigenvalue weighted by molar-refractivity contribution is 5.93. The summed E-state index contributed by atoms with van der Waals surface area (Å²) in [6.45, 7) is 3.62. The van der Waals surface area contributed by atoms with E-state index in [1.807, 2.05) is 13.8 Å². The number of ether oxygens (including phenoxy) is 3. The molecule has 0 N–H and O–H groups in total. The van der Waals surface area contributed by atoms with Crippen LogP contribution >= 0.6 is 0 Å². The standard InChI is InChI=1S/C20H18O6/c1-12(2)24-17-15-10-9-14(23-3)11-16(15)25-20(22)18(17)26-19(21)13-7-5-4-6-8-13/h4-12H,1-3H3. The van der Waals surface area contributed by atoms with E-state index in [2.05, 4.69) is 0 Å². The first-order chi connectivity index (χ1) is 12.5. The number of esters is 1. The molecule has 0 saturated heterocycles. The van der Waals surface area contributed by atoms with E-state index in [0.717, 1.165) is 0 Å². The average molecular weight is 354 g/mol. The molecule has 26 heavy (non-hydrogen) atoms. The lowest BCUT2D eigenvalue weighted by Gasteiger charge is -2.15. The number of rotatable bonds is 5. The van der Waals surface area contributed by atoms with Gasteiger partial charge in [-0.25, -0.2) is 9.59 Å². The molecule has 3 rings (SSSR count). The van der Waals surface area contributed by atoms with Gasteiger partial charge in [-0.2, -0.15) is 0 Å². The molecule has 0 radical (unpaired) electrons. The van der Waals surface area contributed by atoms with Gasteiger partial charge in [-0.05, 0) is 38.1 Å². The number of hydrogen-bond donors (Lipinski definition) is 0. The Labute approximate surface area is 149 Å². The molecule has 0 aliphatic heterocycles. The largest absolute Gasteiger partial charge is 0.497 e. The minimum absolute atomic E-state index is 0.165. The normalized spacial score (nSPS) is 10.8. The van der Waals surface area contributed by atoms with E-state index < -0.39 is 11.6 Å². The Morgan fingerprint density at radius 2 is 1.77 bits per heavy atom. The number of methoxy groups -OCH3 is 1. The zero-order valence-corrected chi connectivity index (χ0v) is 14.6. The fourth-order valence-corrected chi connectivity index (χ4v) is 2.43. The zero-order chi connectivity index (χ0) is 18.7. The molecule has 2 aromatic carbocycles. The Bertz CT molecular complexity index is 988. The molecule has 0 bridgehead atoms. The highest BCUT2D eigenvalue weighted by Crippen LogP contribution is 2.35. The van der Waals surface area contributed by atoms with Gasteiger partial charge in [-0.3, -0.25) is 0 Å². The lowest BCUT2D eigenvalue weighted by Crippen LogP contribution is -2.17. The smallest absolute Gasteiger partial charge is 0.383 e. The Kier molecular flexibility index (Phi) is 4.93. The van der Waals surface area contributed by atoms with Crippen molar-refractivity contribution in [1.29, 1.82) is 0 Å². The van der Waals surface area contributed by atoms with Crippen molar-refractivity contribution in [1.82, 2.24) is 0 Å². The molecule has 3 aromatic rings. The lowest BCUT2D eigenvalue weighted by molar-refractivity contribution is 0.0718. The minimum Gasteiger partial charge on any atom is -0.497 e. The van der Waals surface area contributed by atoms with E-state index in [1.165, 1.54) is 7.11 Å². The molecule has 0 saturated carbocycles. The number of carbonyl (C=O) groups is 1.